The molecule has 0 spiro atoms. The van der Waals surface area contributed by atoms with Crippen LogP contribution < -0.4 is 5.32 Å². The van der Waals surface area contributed by atoms with E-state index in [0.29, 0.717) is 18.5 Å². The van der Waals surface area contributed by atoms with Gasteiger partial charge >= 0.3 is 5.97 Å². The van der Waals surface area contributed by atoms with Crippen LogP contribution in [-0.4, -0.2) is 22.0 Å². The first kappa shape index (κ1) is 15.5. The topological polar surface area (TPSA) is 79.3 Å². The smallest absolute Gasteiger partial charge is 0.310 e. The number of aryl methyl sites for hydroxylation is 1. The number of anilines is 1. The molecular formula is C16H22N2O3. The van der Waals surface area contributed by atoms with E-state index in [2.05, 4.69) is 10.3 Å². The fourth-order valence-electron chi connectivity index (χ4n) is 3.01. The molecule has 1 fully saturated rings. The van der Waals surface area contributed by atoms with Gasteiger partial charge in [0, 0.05) is 24.0 Å². The standard InChI is InChI=1S/C16H22N2O3/c1-12-10-13(6-9-17-12)18-14(19)11-16(15(20)21)7-4-2-3-5-8-16/h6,9-10H,2-5,7-8,11H2,1H3,(H,20,21)(H,17,18,19). The number of carbonyl (C=O) groups excluding carboxylic acids is 1. The zero-order valence-corrected chi connectivity index (χ0v) is 12.4. The Morgan fingerprint density at radius 3 is 2.52 bits per heavy atom. The Labute approximate surface area is 124 Å². The van der Waals surface area contributed by atoms with Crippen LogP contribution in [0.4, 0.5) is 5.69 Å². The number of aliphatic carboxylic acids is 1. The van der Waals surface area contributed by atoms with Crippen LogP contribution >= 0.6 is 0 Å². The van der Waals surface area contributed by atoms with Crippen LogP contribution in [0.15, 0.2) is 18.3 Å². The molecule has 0 aromatic carbocycles. The number of pyridine rings is 1. The zero-order chi connectivity index (χ0) is 15.3. The summed E-state index contributed by atoms with van der Waals surface area (Å²) in [6.07, 6.45) is 6.73. The Morgan fingerprint density at radius 2 is 1.95 bits per heavy atom. The second kappa shape index (κ2) is 6.70. The fourth-order valence-corrected chi connectivity index (χ4v) is 3.01. The monoisotopic (exact) mass is 290 g/mol. The number of carbonyl (C=O) groups is 2. The fraction of sp³-hybridized carbons (Fsp3) is 0.562. The summed E-state index contributed by atoms with van der Waals surface area (Å²) in [6, 6.07) is 3.49. The summed E-state index contributed by atoms with van der Waals surface area (Å²) in [4.78, 5) is 28.0. The van der Waals surface area contributed by atoms with Crippen molar-refractivity contribution in [3.63, 3.8) is 0 Å². The number of carboxylic acids is 1. The molecule has 0 unspecified atom stereocenters. The molecule has 0 saturated heterocycles. The highest BCUT2D eigenvalue weighted by atomic mass is 16.4. The van der Waals surface area contributed by atoms with Gasteiger partial charge in [-0.15, -0.1) is 0 Å². The quantitative estimate of drug-likeness (QED) is 0.835. The summed E-state index contributed by atoms with van der Waals surface area (Å²) < 4.78 is 0. The third-order valence-corrected chi connectivity index (χ3v) is 4.19. The van der Waals surface area contributed by atoms with Crippen LogP contribution in [0.3, 0.4) is 0 Å². The average Bonchev–Trinajstić information content (AvgIpc) is 2.65. The van der Waals surface area contributed by atoms with Gasteiger partial charge in [-0.05, 0) is 31.9 Å². The molecule has 1 aliphatic rings. The largest absolute Gasteiger partial charge is 0.481 e. The first-order valence-corrected chi connectivity index (χ1v) is 7.48. The predicted molar refractivity (Wildman–Crippen MR) is 80.0 cm³/mol. The highest BCUT2D eigenvalue weighted by molar-refractivity contribution is 5.94. The highest BCUT2D eigenvalue weighted by Crippen LogP contribution is 2.38. The molecule has 1 aliphatic carbocycles. The normalized spacial score (nSPS) is 17.8. The van der Waals surface area contributed by atoms with E-state index in [4.69, 9.17) is 0 Å². The van der Waals surface area contributed by atoms with E-state index in [9.17, 15) is 14.7 Å². The van der Waals surface area contributed by atoms with E-state index >= 15 is 0 Å². The van der Waals surface area contributed by atoms with Gasteiger partial charge in [-0.1, -0.05) is 25.7 Å². The van der Waals surface area contributed by atoms with Crippen molar-refractivity contribution in [3.8, 4) is 0 Å². The Balaban J connectivity index is 2.06. The molecule has 1 aromatic heterocycles. The number of amides is 1. The van der Waals surface area contributed by atoms with E-state index < -0.39 is 11.4 Å². The number of aromatic nitrogens is 1. The minimum atomic E-state index is -0.900. The van der Waals surface area contributed by atoms with Gasteiger partial charge in [0.05, 0.1) is 5.41 Å². The minimum Gasteiger partial charge on any atom is -0.481 e. The van der Waals surface area contributed by atoms with Gasteiger partial charge < -0.3 is 10.4 Å². The summed E-state index contributed by atoms with van der Waals surface area (Å²) in [5, 5.41) is 12.4. The summed E-state index contributed by atoms with van der Waals surface area (Å²) >= 11 is 0. The number of nitrogens with one attached hydrogen (secondary N) is 1. The maximum absolute atomic E-state index is 12.2. The van der Waals surface area contributed by atoms with Crippen LogP contribution in [0.2, 0.25) is 0 Å². The van der Waals surface area contributed by atoms with Gasteiger partial charge in [0.2, 0.25) is 5.91 Å². The number of carboxylic acid groups (broad SMARTS) is 1. The summed E-state index contributed by atoms with van der Waals surface area (Å²) in [7, 11) is 0. The van der Waals surface area contributed by atoms with E-state index in [1.165, 1.54) is 0 Å². The number of rotatable bonds is 4. The van der Waals surface area contributed by atoms with Crippen molar-refractivity contribution in [2.75, 3.05) is 5.32 Å². The first-order chi connectivity index (χ1) is 10.0. The van der Waals surface area contributed by atoms with Gasteiger partial charge in [0.25, 0.3) is 0 Å². The SMILES string of the molecule is Cc1cc(NC(=O)CC2(C(=O)O)CCCCCC2)ccn1. The molecule has 5 nitrogen and oxygen atoms in total. The highest BCUT2D eigenvalue weighted by Gasteiger charge is 2.40. The van der Waals surface area contributed by atoms with Crippen molar-refractivity contribution >= 4 is 17.6 Å². The molecule has 1 saturated carbocycles. The van der Waals surface area contributed by atoms with Crippen LogP contribution in [0.5, 0.6) is 0 Å². The second-order valence-corrected chi connectivity index (χ2v) is 5.91. The lowest BCUT2D eigenvalue weighted by atomic mass is 9.77. The molecule has 1 heterocycles. The third kappa shape index (κ3) is 4.03. The lowest BCUT2D eigenvalue weighted by Gasteiger charge is -2.27. The molecule has 2 rings (SSSR count). The molecule has 2 N–H and O–H groups in total. The van der Waals surface area contributed by atoms with Crippen LogP contribution in [-0.2, 0) is 9.59 Å². The van der Waals surface area contributed by atoms with Crippen molar-refractivity contribution in [3.05, 3.63) is 24.0 Å². The van der Waals surface area contributed by atoms with Crippen LogP contribution in [0.1, 0.15) is 50.6 Å². The van der Waals surface area contributed by atoms with E-state index in [1.54, 1.807) is 18.3 Å². The lowest BCUT2D eigenvalue weighted by Crippen LogP contribution is -2.35. The van der Waals surface area contributed by atoms with Gasteiger partial charge in [0.15, 0.2) is 0 Å². The summed E-state index contributed by atoms with van der Waals surface area (Å²) in [5.41, 5.74) is 0.583. The van der Waals surface area contributed by atoms with Crippen molar-refractivity contribution in [2.24, 2.45) is 5.41 Å². The number of hydrogen-bond acceptors (Lipinski definition) is 3. The van der Waals surface area contributed by atoms with Gasteiger partial charge in [-0.3, -0.25) is 14.6 Å². The summed E-state index contributed by atoms with van der Waals surface area (Å²) in [6.45, 7) is 1.85. The zero-order valence-electron chi connectivity index (χ0n) is 12.4. The van der Waals surface area contributed by atoms with Crippen LogP contribution in [0, 0.1) is 12.3 Å². The molecule has 0 bridgehead atoms. The van der Waals surface area contributed by atoms with Gasteiger partial charge in [-0.2, -0.15) is 0 Å². The lowest BCUT2D eigenvalue weighted by molar-refractivity contribution is -0.152. The van der Waals surface area contributed by atoms with Crippen molar-refractivity contribution < 1.29 is 14.7 Å². The molecule has 114 valence electrons. The molecule has 0 radical (unpaired) electrons. The third-order valence-electron chi connectivity index (χ3n) is 4.19. The van der Waals surface area contributed by atoms with E-state index in [1.807, 2.05) is 6.92 Å². The number of nitrogens with zero attached hydrogens (tertiary/aromatic N) is 1. The Kier molecular flexibility index (Phi) is 4.94. The van der Waals surface area contributed by atoms with E-state index in [0.717, 1.165) is 31.4 Å². The summed E-state index contributed by atoms with van der Waals surface area (Å²) in [5.74, 6) is -1.07. The Bertz CT molecular complexity index is 520. The molecule has 5 heteroatoms. The molecule has 0 aliphatic heterocycles. The number of hydrogen-bond donors (Lipinski definition) is 2. The van der Waals surface area contributed by atoms with E-state index in [-0.39, 0.29) is 12.3 Å². The van der Waals surface area contributed by atoms with Crippen LogP contribution in [0.25, 0.3) is 0 Å². The second-order valence-electron chi connectivity index (χ2n) is 5.91. The van der Waals surface area contributed by atoms with Gasteiger partial charge in [-0.25, -0.2) is 0 Å². The molecule has 0 atom stereocenters. The maximum Gasteiger partial charge on any atom is 0.310 e. The van der Waals surface area contributed by atoms with Gasteiger partial charge in [0.1, 0.15) is 0 Å². The average molecular weight is 290 g/mol. The molecule has 1 aromatic rings. The Hall–Kier alpha value is -1.91. The van der Waals surface area contributed by atoms with Crippen molar-refractivity contribution in [2.45, 2.75) is 51.9 Å². The predicted octanol–water partition coefficient (Wildman–Crippen LogP) is 3.14. The Morgan fingerprint density at radius 1 is 1.29 bits per heavy atom. The first-order valence-electron chi connectivity index (χ1n) is 7.48. The molecule has 21 heavy (non-hydrogen) atoms. The molecular weight excluding hydrogens is 268 g/mol. The van der Waals surface area contributed by atoms with Crippen molar-refractivity contribution in [1.82, 2.24) is 4.98 Å². The minimum absolute atomic E-state index is 0.0453. The molecule has 1 amide bonds. The van der Waals surface area contributed by atoms with Crippen molar-refractivity contribution in [1.29, 1.82) is 0 Å². The maximum atomic E-state index is 12.2.